The Labute approximate surface area is 190 Å². The minimum Gasteiger partial charge on any atom is -0.508 e. The van der Waals surface area contributed by atoms with Gasteiger partial charge < -0.3 is 19.6 Å². The summed E-state index contributed by atoms with van der Waals surface area (Å²) in [4.78, 5) is 31.8. The Morgan fingerprint density at radius 1 is 1.00 bits per heavy atom. The number of anilines is 1. The molecule has 172 valence electrons. The Kier molecular flexibility index (Phi) is 7.28. The first-order valence-electron chi connectivity index (χ1n) is 11.0. The zero-order valence-electron chi connectivity index (χ0n) is 19.3. The molecule has 1 heterocycles. The van der Waals surface area contributed by atoms with E-state index < -0.39 is 17.7 Å². The first kappa shape index (κ1) is 23.4. The number of phenols is 1. The van der Waals surface area contributed by atoms with Gasteiger partial charge in [0.05, 0.1) is 0 Å². The maximum atomic E-state index is 13.5. The van der Waals surface area contributed by atoms with Crippen molar-refractivity contribution in [2.45, 2.75) is 38.8 Å². The molecule has 1 atom stereocenters. The van der Waals surface area contributed by atoms with Crippen LogP contribution in [0.15, 0.2) is 54.6 Å². The topological polar surface area (TPSA) is 73.3 Å². The molecule has 7 heteroatoms. The van der Waals surface area contributed by atoms with Crippen LogP contribution in [0.4, 0.5) is 10.5 Å². The normalized spacial score (nSPS) is 15.2. The monoisotopic (exact) mass is 439 g/mol. The van der Waals surface area contributed by atoms with E-state index in [1.807, 2.05) is 23.1 Å². The molecule has 0 bridgehead atoms. The molecule has 2 amide bonds. The van der Waals surface area contributed by atoms with Gasteiger partial charge >= 0.3 is 6.09 Å². The van der Waals surface area contributed by atoms with E-state index in [1.165, 1.54) is 4.90 Å². The molecule has 1 aliphatic heterocycles. The van der Waals surface area contributed by atoms with Crippen molar-refractivity contribution in [2.24, 2.45) is 0 Å². The largest absolute Gasteiger partial charge is 0.508 e. The van der Waals surface area contributed by atoms with E-state index in [9.17, 15) is 14.7 Å². The summed E-state index contributed by atoms with van der Waals surface area (Å²) in [6.45, 7) is 8.05. The molecule has 0 spiro atoms. The number of amides is 2. The lowest BCUT2D eigenvalue weighted by molar-refractivity contribution is -0.136. The highest BCUT2D eigenvalue weighted by Gasteiger charge is 2.34. The number of benzene rings is 2. The zero-order valence-corrected chi connectivity index (χ0v) is 19.3. The van der Waals surface area contributed by atoms with Gasteiger partial charge in [-0.25, -0.2) is 4.79 Å². The third-order valence-corrected chi connectivity index (χ3v) is 5.51. The van der Waals surface area contributed by atoms with Gasteiger partial charge in [0.15, 0.2) is 0 Å². The summed E-state index contributed by atoms with van der Waals surface area (Å²) in [5.74, 6) is 0.0632. The SMILES string of the molecule is CN(C(=O)OC(C)(C)C)[C@H](Cc1ccc(O)cc1)C(=O)N1CCN(c2ccccc2)CC1. The van der Waals surface area contributed by atoms with Crippen molar-refractivity contribution in [1.82, 2.24) is 9.80 Å². The standard InChI is InChI=1S/C25H33N3O4/c1-25(2,3)32-24(31)26(4)22(18-19-10-12-21(29)13-11-19)23(30)28-16-14-27(15-17-28)20-8-6-5-7-9-20/h5-13,22,29H,14-18H2,1-4H3/t22-/m1/s1. The van der Waals surface area contributed by atoms with Crippen molar-refractivity contribution in [3.8, 4) is 5.75 Å². The Hall–Kier alpha value is -3.22. The smallest absolute Gasteiger partial charge is 0.410 e. The van der Waals surface area contributed by atoms with Gasteiger partial charge in [-0.15, -0.1) is 0 Å². The molecule has 2 aromatic rings. The van der Waals surface area contributed by atoms with Gasteiger partial charge in [-0.3, -0.25) is 9.69 Å². The summed E-state index contributed by atoms with van der Waals surface area (Å²) in [5.41, 5.74) is 1.35. The van der Waals surface area contributed by atoms with E-state index in [0.29, 0.717) is 19.5 Å². The Bertz CT molecular complexity index is 901. The maximum Gasteiger partial charge on any atom is 0.410 e. The van der Waals surface area contributed by atoms with Gasteiger partial charge in [-0.2, -0.15) is 0 Å². The number of likely N-dealkylation sites (N-methyl/N-ethyl adjacent to an activating group) is 1. The van der Waals surface area contributed by atoms with Crippen molar-refractivity contribution in [3.63, 3.8) is 0 Å². The molecule has 0 saturated carbocycles. The summed E-state index contributed by atoms with van der Waals surface area (Å²) < 4.78 is 5.52. The van der Waals surface area contributed by atoms with Gasteiger partial charge in [-0.05, 0) is 50.6 Å². The first-order valence-corrected chi connectivity index (χ1v) is 11.0. The highest BCUT2D eigenvalue weighted by atomic mass is 16.6. The van der Waals surface area contributed by atoms with Crippen molar-refractivity contribution >= 4 is 17.7 Å². The molecule has 1 saturated heterocycles. The van der Waals surface area contributed by atoms with Crippen LogP contribution >= 0.6 is 0 Å². The number of phenolic OH excluding ortho intramolecular Hbond substituents is 1. The number of carbonyl (C=O) groups is 2. The molecule has 1 aliphatic rings. The quantitative estimate of drug-likeness (QED) is 0.772. The number of hydrogen-bond donors (Lipinski definition) is 1. The van der Waals surface area contributed by atoms with E-state index in [2.05, 4.69) is 17.0 Å². The van der Waals surface area contributed by atoms with Gasteiger partial charge in [0.2, 0.25) is 5.91 Å². The predicted octanol–water partition coefficient (Wildman–Crippen LogP) is 3.52. The molecule has 1 fully saturated rings. The average Bonchev–Trinajstić information content (AvgIpc) is 2.77. The zero-order chi connectivity index (χ0) is 23.3. The third kappa shape index (κ3) is 6.15. The number of rotatable bonds is 5. The second kappa shape index (κ2) is 9.94. The van der Waals surface area contributed by atoms with Crippen LogP contribution in [0.2, 0.25) is 0 Å². The second-order valence-corrected chi connectivity index (χ2v) is 9.13. The van der Waals surface area contributed by atoms with Gasteiger partial charge in [-0.1, -0.05) is 30.3 Å². The average molecular weight is 440 g/mol. The van der Waals surface area contributed by atoms with E-state index in [4.69, 9.17) is 4.74 Å². The van der Waals surface area contributed by atoms with Gasteiger partial charge in [0.1, 0.15) is 17.4 Å². The van der Waals surface area contributed by atoms with Crippen LogP contribution in [0, 0.1) is 0 Å². The highest BCUT2D eigenvalue weighted by molar-refractivity contribution is 5.86. The molecule has 7 nitrogen and oxygen atoms in total. The molecule has 0 unspecified atom stereocenters. The molecule has 0 aliphatic carbocycles. The first-order chi connectivity index (χ1) is 15.1. The van der Waals surface area contributed by atoms with E-state index in [-0.39, 0.29) is 11.7 Å². The molecular formula is C25H33N3O4. The summed E-state index contributed by atoms with van der Waals surface area (Å²) in [5, 5.41) is 9.58. The number of para-hydroxylation sites is 1. The molecule has 3 rings (SSSR count). The van der Waals surface area contributed by atoms with Crippen molar-refractivity contribution < 1.29 is 19.4 Å². The lowest BCUT2D eigenvalue weighted by Crippen LogP contribution is -2.56. The van der Waals surface area contributed by atoms with Crippen molar-refractivity contribution in [2.75, 3.05) is 38.1 Å². The minimum atomic E-state index is -0.697. The predicted molar refractivity (Wildman–Crippen MR) is 125 cm³/mol. The minimum absolute atomic E-state index is 0.0980. The summed E-state index contributed by atoms with van der Waals surface area (Å²) in [6, 6.07) is 16.2. The second-order valence-electron chi connectivity index (χ2n) is 9.13. The lowest BCUT2D eigenvalue weighted by atomic mass is 10.0. The fourth-order valence-corrected chi connectivity index (χ4v) is 3.74. The van der Waals surface area contributed by atoms with Crippen LogP contribution in [0.1, 0.15) is 26.3 Å². The lowest BCUT2D eigenvalue weighted by Gasteiger charge is -2.39. The van der Waals surface area contributed by atoms with Crippen molar-refractivity contribution in [3.05, 3.63) is 60.2 Å². The Balaban J connectivity index is 1.73. The van der Waals surface area contributed by atoms with Crippen LogP contribution in [0.25, 0.3) is 0 Å². The highest BCUT2D eigenvalue weighted by Crippen LogP contribution is 2.20. The molecule has 2 aromatic carbocycles. The van der Waals surface area contributed by atoms with Gasteiger partial charge in [0, 0.05) is 45.3 Å². The van der Waals surface area contributed by atoms with Crippen molar-refractivity contribution in [1.29, 1.82) is 0 Å². The summed E-state index contributed by atoms with van der Waals surface area (Å²) in [7, 11) is 1.61. The number of carbonyl (C=O) groups excluding carboxylic acids is 2. The molecule has 1 N–H and O–H groups in total. The van der Waals surface area contributed by atoms with Crippen LogP contribution in [0.3, 0.4) is 0 Å². The summed E-state index contributed by atoms with van der Waals surface area (Å²) in [6.07, 6.45) is -0.189. The third-order valence-electron chi connectivity index (χ3n) is 5.51. The summed E-state index contributed by atoms with van der Waals surface area (Å²) >= 11 is 0. The molecule has 0 radical (unpaired) electrons. The number of piperazine rings is 1. The van der Waals surface area contributed by atoms with Gasteiger partial charge in [0.25, 0.3) is 0 Å². The fourth-order valence-electron chi connectivity index (χ4n) is 3.74. The van der Waals surface area contributed by atoms with Crippen LogP contribution in [-0.2, 0) is 16.0 Å². The Morgan fingerprint density at radius 3 is 2.16 bits per heavy atom. The van der Waals surface area contributed by atoms with Crippen LogP contribution < -0.4 is 4.90 Å². The number of nitrogens with zero attached hydrogens (tertiary/aromatic N) is 3. The van der Waals surface area contributed by atoms with E-state index >= 15 is 0 Å². The molecule has 32 heavy (non-hydrogen) atoms. The van der Waals surface area contributed by atoms with E-state index in [0.717, 1.165) is 24.3 Å². The number of hydrogen-bond acceptors (Lipinski definition) is 5. The molecular weight excluding hydrogens is 406 g/mol. The number of aromatic hydroxyl groups is 1. The Morgan fingerprint density at radius 2 is 1.59 bits per heavy atom. The van der Waals surface area contributed by atoms with Crippen LogP contribution in [-0.4, -0.2) is 71.8 Å². The van der Waals surface area contributed by atoms with Crippen LogP contribution in [0.5, 0.6) is 5.75 Å². The molecule has 0 aromatic heterocycles. The maximum absolute atomic E-state index is 13.5. The fraction of sp³-hybridized carbons (Fsp3) is 0.440. The van der Waals surface area contributed by atoms with E-state index in [1.54, 1.807) is 52.1 Å². The number of ether oxygens (including phenoxy) is 1.